The van der Waals surface area contributed by atoms with Crippen LogP contribution in [0, 0.1) is 0 Å². The molecule has 1 saturated heterocycles. The van der Waals surface area contributed by atoms with E-state index in [1.54, 1.807) is 0 Å². The summed E-state index contributed by atoms with van der Waals surface area (Å²) < 4.78 is 0. The quantitative estimate of drug-likeness (QED) is 0.687. The molecule has 2 rings (SSSR count). The molecule has 104 valence electrons. The largest absolute Gasteiger partial charge is 0.370 e. The molecule has 5 heteroatoms. The summed E-state index contributed by atoms with van der Waals surface area (Å²) in [5.41, 5.74) is 6.94. The number of nitrogens with zero attached hydrogens (tertiary/aromatic N) is 2. The fourth-order valence-corrected chi connectivity index (χ4v) is 2.86. The molecule has 1 aliphatic rings. The molecule has 0 aromatic heterocycles. The molecular formula is C14H19Cl2N3. The van der Waals surface area contributed by atoms with Crippen molar-refractivity contribution < 1.29 is 0 Å². The van der Waals surface area contributed by atoms with E-state index in [1.807, 2.05) is 18.2 Å². The fourth-order valence-electron chi connectivity index (χ4n) is 2.28. The van der Waals surface area contributed by atoms with Gasteiger partial charge in [0.05, 0.1) is 0 Å². The van der Waals surface area contributed by atoms with Gasteiger partial charge in [-0.1, -0.05) is 29.3 Å². The Hall–Kier alpha value is -0.930. The summed E-state index contributed by atoms with van der Waals surface area (Å²) in [5, 5.41) is 1.39. The van der Waals surface area contributed by atoms with E-state index in [1.165, 1.54) is 19.3 Å². The third kappa shape index (κ3) is 4.02. The van der Waals surface area contributed by atoms with Crippen molar-refractivity contribution in [3.8, 4) is 0 Å². The Balaban J connectivity index is 1.91. The van der Waals surface area contributed by atoms with Crippen LogP contribution in [0.2, 0.25) is 10.0 Å². The number of halogens is 2. The summed E-state index contributed by atoms with van der Waals surface area (Å²) in [4.78, 5) is 6.58. The topological polar surface area (TPSA) is 41.6 Å². The van der Waals surface area contributed by atoms with Crippen molar-refractivity contribution >= 4 is 29.2 Å². The number of benzene rings is 1. The van der Waals surface area contributed by atoms with Crippen molar-refractivity contribution in [1.82, 2.24) is 4.90 Å². The molecule has 0 saturated carbocycles. The van der Waals surface area contributed by atoms with Crippen LogP contribution in [-0.4, -0.2) is 30.5 Å². The molecule has 0 aliphatic carbocycles. The highest BCUT2D eigenvalue weighted by Crippen LogP contribution is 2.24. The SMILES string of the molecule is NC(=NCCc1c(Cl)cccc1Cl)N1CCCCC1. The predicted molar refractivity (Wildman–Crippen MR) is 82.1 cm³/mol. The van der Waals surface area contributed by atoms with Gasteiger partial charge in [-0.2, -0.15) is 0 Å². The van der Waals surface area contributed by atoms with Crippen molar-refractivity contribution in [2.45, 2.75) is 25.7 Å². The second-order valence-corrected chi connectivity index (χ2v) is 5.55. The smallest absolute Gasteiger partial charge is 0.191 e. The molecule has 0 bridgehead atoms. The van der Waals surface area contributed by atoms with Gasteiger partial charge < -0.3 is 10.6 Å². The highest BCUT2D eigenvalue weighted by atomic mass is 35.5. The Labute approximate surface area is 124 Å². The zero-order valence-corrected chi connectivity index (χ0v) is 12.4. The Morgan fingerprint density at radius 2 is 1.79 bits per heavy atom. The first kappa shape index (κ1) is 14.5. The third-order valence-electron chi connectivity index (χ3n) is 3.38. The van der Waals surface area contributed by atoms with Crippen molar-refractivity contribution in [2.24, 2.45) is 10.7 Å². The first-order chi connectivity index (χ1) is 9.18. The molecule has 0 spiro atoms. The van der Waals surface area contributed by atoms with Gasteiger partial charge in [0.15, 0.2) is 5.96 Å². The first-order valence-corrected chi connectivity index (χ1v) is 7.42. The van der Waals surface area contributed by atoms with Gasteiger partial charge in [0.25, 0.3) is 0 Å². The summed E-state index contributed by atoms with van der Waals surface area (Å²) in [6, 6.07) is 5.54. The number of hydrogen-bond donors (Lipinski definition) is 1. The van der Waals surface area contributed by atoms with Gasteiger partial charge in [-0.25, -0.2) is 0 Å². The Bertz CT molecular complexity index is 434. The molecule has 19 heavy (non-hydrogen) atoms. The van der Waals surface area contributed by atoms with Gasteiger partial charge in [-0.05, 0) is 43.4 Å². The molecular weight excluding hydrogens is 281 g/mol. The molecule has 1 aromatic carbocycles. The summed E-state index contributed by atoms with van der Waals surface area (Å²) >= 11 is 12.2. The average molecular weight is 300 g/mol. The summed E-state index contributed by atoms with van der Waals surface area (Å²) in [5.74, 6) is 0.642. The van der Waals surface area contributed by atoms with Crippen molar-refractivity contribution in [1.29, 1.82) is 0 Å². The van der Waals surface area contributed by atoms with E-state index in [0.717, 1.165) is 18.7 Å². The number of hydrogen-bond acceptors (Lipinski definition) is 1. The predicted octanol–water partition coefficient (Wildman–Crippen LogP) is 3.34. The molecule has 0 radical (unpaired) electrons. The van der Waals surface area contributed by atoms with Crippen LogP contribution in [-0.2, 0) is 6.42 Å². The summed E-state index contributed by atoms with van der Waals surface area (Å²) in [6.45, 7) is 2.65. The van der Waals surface area contributed by atoms with Crippen LogP contribution in [0.15, 0.2) is 23.2 Å². The molecule has 1 aliphatic heterocycles. The summed E-state index contributed by atoms with van der Waals surface area (Å²) in [7, 11) is 0. The minimum Gasteiger partial charge on any atom is -0.370 e. The van der Waals surface area contributed by atoms with E-state index < -0.39 is 0 Å². The Morgan fingerprint density at radius 1 is 1.16 bits per heavy atom. The first-order valence-electron chi connectivity index (χ1n) is 6.66. The van der Waals surface area contributed by atoms with Crippen molar-refractivity contribution in [3.05, 3.63) is 33.8 Å². The zero-order chi connectivity index (χ0) is 13.7. The van der Waals surface area contributed by atoms with Gasteiger partial charge >= 0.3 is 0 Å². The normalized spacial score (nSPS) is 16.7. The van der Waals surface area contributed by atoms with E-state index in [-0.39, 0.29) is 0 Å². The standard InChI is InChI=1S/C14H19Cl2N3/c15-12-5-4-6-13(16)11(12)7-8-18-14(17)19-9-2-1-3-10-19/h4-6H,1-3,7-10H2,(H2,17,18). The molecule has 2 N–H and O–H groups in total. The van der Waals surface area contributed by atoms with Crippen LogP contribution < -0.4 is 5.73 Å². The molecule has 0 amide bonds. The van der Waals surface area contributed by atoms with Crippen LogP contribution >= 0.6 is 23.2 Å². The van der Waals surface area contributed by atoms with Crippen LogP contribution in [0.25, 0.3) is 0 Å². The monoisotopic (exact) mass is 299 g/mol. The number of aliphatic imine (C=N–C) groups is 1. The molecule has 3 nitrogen and oxygen atoms in total. The van der Waals surface area contributed by atoms with E-state index in [2.05, 4.69) is 9.89 Å². The van der Waals surface area contributed by atoms with E-state index >= 15 is 0 Å². The zero-order valence-electron chi connectivity index (χ0n) is 10.9. The Kier molecular flexibility index (Phi) is 5.34. The number of likely N-dealkylation sites (tertiary alicyclic amines) is 1. The van der Waals surface area contributed by atoms with E-state index in [0.29, 0.717) is 29.0 Å². The van der Waals surface area contributed by atoms with Crippen molar-refractivity contribution in [3.63, 3.8) is 0 Å². The fraction of sp³-hybridized carbons (Fsp3) is 0.500. The van der Waals surface area contributed by atoms with Gasteiger partial charge in [-0.15, -0.1) is 0 Å². The minimum atomic E-state index is 0.617. The lowest BCUT2D eigenvalue weighted by molar-refractivity contribution is 0.338. The molecule has 0 atom stereocenters. The van der Waals surface area contributed by atoms with E-state index in [4.69, 9.17) is 28.9 Å². The lowest BCUT2D eigenvalue weighted by Gasteiger charge is -2.27. The molecule has 0 unspecified atom stereocenters. The molecule has 1 fully saturated rings. The minimum absolute atomic E-state index is 0.617. The molecule has 1 heterocycles. The number of nitrogens with two attached hydrogens (primary N) is 1. The number of rotatable bonds is 3. The number of piperidine rings is 1. The highest BCUT2D eigenvalue weighted by Gasteiger charge is 2.11. The second-order valence-electron chi connectivity index (χ2n) is 4.74. The van der Waals surface area contributed by atoms with Crippen molar-refractivity contribution in [2.75, 3.05) is 19.6 Å². The lowest BCUT2D eigenvalue weighted by atomic mass is 10.1. The van der Waals surface area contributed by atoms with Gasteiger partial charge in [-0.3, -0.25) is 4.99 Å². The molecule has 1 aromatic rings. The maximum absolute atomic E-state index is 6.12. The van der Waals surface area contributed by atoms with Gasteiger partial charge in [0.1, 0.15) is 0 Å². The van der Waals surface area contributed by atoms with Crippen LogP contribution in [0.4, 0.5) is 0 Å². The van der Waals surface area contributed by atoms with Gasteiger partial charge in [0.2, 0.25) is 0 Å². The lowest BCUT2D eigenvalue weighted by Crippen LogP contribution is -2.41. The third-order valence-corrected chi connectivity index (χ3v) is 4.09. The van der Waals surface area contributed by atoms with Crippen LogP contribution in [0.5, 0.6) is 0 Å². The highest BCUT2D eigenvalue weighted by molar-refractivity contribution is 6.35. The number of guanidine groups is 1. The van der Waals surface area contributed by atoms with Crippen LogP contribution in [0.3, 0.4) is 0 Å². The van der Waals surface area contributed by atoms with Gasteiger partial charge in [0, 0.05) is 29.7 Å². The maximum Gasteiger partial charge on any atom is 0.191 e. The average Bonchev–Trinajstić information content (AvgIpc) is 2.43. The second kappa shape index (κ2) is 7.01. The van der Waals surface area contributed by atoms with Crippen LogP contribution in [0.1, 0.15) is 24.8 Å². The summed E-state index contributed by atoms with van der Waals surface area (Å²) in [6.07, 6.45) is 4.41. The Morgan fingerprint density at radius 3 is 2.42 bits per heavy atom. The van der Waals surface area contributed by atoms with E-state index in [9.17, 15) is 0 Å². The maximum atomic E-state index is 6.12.